The Hall–Kier alpha value is -1.69. The number of hydrogen-bond acceptors (Lipinski definition) is 4. The smallest absolute Gasteiger partial charge is 0.339 e. The number of nitrogens with zero attached hydrogens (tertiary/aromatic N) is 3. The van der Waals surface area contributed by atoms with E-state index in [0.29, 0.717) is 5.56 Å². The van der Waals surface area contributed by atoms with E-state index in [9.17, 15) is 4.79 Å². The molecule has 0 saturated carbocycles. The van der Waals surface area contributed by atoms with Crippen molar-refractivity contribution < 1.29 is 9.53 Å². The third kappa shape index (κ3) is 1.64. The first-order chi connectivity index (χ1) is 8.70. The first-order valence-electron chi connectivity index (χ1n) is 5.49. The fourth-order valence-electron chi connectivity index (χ4n) is 2.14. The third-order valence-corrected chi connectivity index (χ3v) is 3.58. The number of esters is 1. The lowest BCUT2D eigenvalue weighted by atomic mass is 10.0. The van der Waals surface area contributed by atoms with Crippen molar-refractivity contribution in [1.29, 1.82) is 0 Å². The molecule has 5 nitrogen and oxygen atoms in total. The number of hydrogen-bond donors (Lipinski definition) is 0. The molecule has 1 aliphatic heterocycles. The van der Waals surface area contributed by atoms with Crippen molar-refractivity contribution in [2.75, 3.05) is 7.11 Å². The lowest BCUT2D eigenvalue weighted by Gasteiger charge is -2.17. The maximum Gasteiger partial charge on any atom is 0.339 e. The van der Waals surface area contributed by atoms with Gasteiger partial charge in [-0.25, -0.2) is 4.79 Å². The van der Waals surface area contributed by atoms with E-state index in [0.717, 1.165) is 34.4 Å². The minimum atomic E-state index is -0.358. The molecule has 0 amide bonds. The Morgan fingerprint density at radius 2 is 2.33 bits per heavy atom. The summed E-state index contributed by atoms with van der Waals surface area (Å²) in [6.07, 6.45) is 4.12. The molecule has 1 aliphatic rings. The standard InChI is InChI=1S/C12H10BrN3O2/c1-18-12(17)8-4-7-2-3-16-11(9(13)6-15-16)10(7)14-5-8/h4-6H,2-3H2,1H3. The molecule has 0 saturated heterocycles. The molecule has 0 bridgehead atoms. The third-order valence-electron chi connectivity index (χ3n) is 3.00. The van der Waals surface area contributed by atoms with Crippen LogP contribution in [0.25, 0.3) is 11.4 Å². The Bertz CT molecular complexity index is 636. The van der Waals surface area contributed by atoms with Crippen LogP contribution in [0.3, 0.4) is 0 Å². The molecule has 2 aromatic heterocycles. The fourth-order valence-corrected chi connectivity index (χ4v) is 2.62. The highest BCUT2D eigenvalue weighted by Gasteiger charge is 2.22. The van der Waals surface area contributed by atoms with Gasteiger partial charge in [-0.2, -0.15) is 5.10 Å². The molecule has 0 spiro atoms. The van der Waals surface area contributed by atoms with Gasteiger partial charge in [0.15, 0.2) is 0 Å². The van der Waals surface area contributed by atoms with E-state index in [1.807, 2.05) is 10.7 Å². The quantitative estimate of drug-likeness (QED) is 0.757. The number of halogens is 1. The maximum absolute atomic E-state index is 11.5. The first-order valence-corrected chi connectivity index (χ1v) is 6.29. The minimum absolute atomic E-state index is 0.358. The lowest BCUT2D eigenvalue weighted by Crippen LogP contribution is -2.14. The van der Waals surface area contributed by atoms with E-state index in [2.05, 4.69) is 26.0 Å². The average molecular weight is 308 g/mol. The maximum atomic E-state index is 11.5. The predicted molar refractivity (Wildman–Crippen MR) is 68.2 cm³/mol. The van der Waals surface area contributed by atoms with Crippen LogP contribution in [0, 0.1) is 0 Å². The number of carbonyl (C=O) groups is 1. The van der Waals surface area contributed by atoms with E-state index >= 15 is 0 Å². The average Bonchev–Trinajstić information content (AvgIpc) is 2.79. The molecular weight excluding hydrogens is 298 g/mol. The van der Waals surface area contributed by atoms with Crippen LogP contribution in [0.1, 0.15) is 15.9 Å². The normalized spacial score (nSPS) is 12.8. The second kappa shape index (κ2) is 4.20. The summed E-state index contributed by atoms with van der Waals surface area (Å²) in [4.78, 5) is 15.8. The van der Waals surface area contributed by atoms with Crippen LogP contribution >= 0.6 is 15.9 Å². The van der Waals surface area contributed by atoms with Crippen molar-refractivity contribution in [1.82, 2.24) is 14.8 Å². The zero-order valence-electron chi connectivity index (χ0n) is 9.68. The molecule has 18 heavy (non-hydrogen) atoms. The molecule has 0 aliphatic carbocycles. The van der Waals surface area contributed by atoms with Crippen molar-refractivity contribution >= 4 is 21.9 Å². The zero-order valence-corrected chi connectivity index (χ0v) is 11.3. The lowest BCUT2D eigenvalue weighted by molar-refractivity contribution is 0.0600. The number of aromatic nitrogens is 3. The molecular formula is C12H10BrN3O2. The highest BCUT2D eigenvalue weighted by Crippen LogP contribution is 2.33. The number of rotatable bonds is 1. The van der Waals surface area contributed by atoms with Crippen LogP contribution in [0.4, 0.5) is 0 Å². The summed E-state index contributed by atoms with van der Waals surface area (Å²) < 4.78 is 7.53. The van der Waals surface area contributed by atoms with Crippen molar-refractivity contribution in [2.24, 2.45) is 0 Å². The van der Waals surface area contributed by atoms with Crippen LogP contribution in [0.5, 0.6) is 0 Å². The number of aryl methyl sites for hydroxylation is 2. The van der Waals surface area contributed by atoms with Crippen LogP contribution in [-0.2, 0) is 17.7 Å². The summed E-state index contributed by atoms with van der Waals surface area (Å²) >= 11 is 3.47. The molecule has 0 unspecified atom stereocenters. The monoisotopic (exact) mass is 307 g/mol. The van der Waals surface area contributed by atoms with Crippen molar-refractivity contribution in [3.63, 3.8) is 0 Å². The molecule has 0 fully saturated rings. The summed E-state index contributed by atoms with van der Waals surface area (Å²) in [7, 11) is 1.37. The van der Waals surface area contributed by atoms with Gasteiger partial charge >= 0.3 is 5.97 Å². The molecule has 6 heteroatoms. The Morgan fingerprint density at radius 1 is 1.50 bits per heavy atom. The summed E-state index contributed by atoms with van der Waals surface area (Å²) in [5.41, 5.74) is 3.37. The van der Waals surface area contributed by atoms with Crippen molar-refractivity contribution in [3.8, 4) is 11.4 Å². The van der Waals surface area contributed by atoms with Crippen molar-refractivity contribution in [3.05, 3.63) is 34.1 Å². The number of pyridine rings is 1. The topological polar surface area (TPSA) is 57.0 Å². The van der Waals surface area contributed by atoms with Gasteiger partial charge in [0.25, 0.3) is 0 Å². The molecule has 0 aromatic carbocycles. The van der Waals surface area contributed by atoms with E-state index < -0.39 is 0 Å². The molecule has 3 heterocycles. The summed E-state index contributed by atoms with van der Waals surface area (Å²) in [5.74, 6) is -0.358. The Labute approximate surface area is 112 Å². The van der Waals surface area contributed by atoms with Gasteiger partial charge in [0.2, 0.25) is 0 Å². The minimum Gasteiger partial charge on any atom is -0.465 e. The molecule has 3 rings (SSSR count). The number of ether oxygens (including phenoxy) is 1. The van der Waals surface area contributed by atoms with Gasteiger partial charge < -0.3 is 4.74 Å². The number of methoxy groups -OCH3 is 1. The van der Waals surface area contributed by atoms with Gasteiger partial charge in [-0.05, 0) is 34.0 Å². The Kier molecular flexibility index (Phi) is 2.66. The zero-order chi connectivity index (χ0) is 12.7. The van der Waals surface area contributed by atoms with E-state index in [-0.39, 0.29) is 5.97 Å². The van der Waals surface area contributed by atoms with Crippen LogP contribution < -0.4 is 0 Å². The largest absolute Gasteiger partial charge is 0.465 e. The van der Waals surface area contributed by atoms with E-state index in [4.69, 9.17) is 4.74 Å². The second-order valence-electron chi connectivity index (χ2n) is 4.04. The molecule has 2 aromatic rings. The Balaban J connectivity index is 2.13. The van der Waals surface area contributed by atoms with E-state index in [1.165, 1.54) is 7.11 Å². The van der Waals surface area contributed by atoms with Crippen LogP contribution in [-0.4, -0.2) is 27.8 Å². The van der Waals surface area contributed by atoms with Gasteiger partial charge in [-0.15, -0.1) is 0 Å². The first kappa shape index (κ1) is 11.4. The van der Waals surface area contributed by atoms with E-state index in [1.54, 1.807) is 12.4 Å². The highest BCUT2D eigenvalue weighted by molar-refractivity contribution is 9.10. The predicted octanol–water partition coefficient (Wildman–Crippen LogP) is 2.05. The molecule has 92 valence electrons. The van der Waals surface area contributed by atoms with Gasteiger partial charge in [-0.1, -0.05) is 0 Å². The SMILES string of the molecule is COC(=O)c1cnc2c(c1)CCn1ncc(Br)c1-2. The van der Waals surface area contributed by atoms with Gasteiger partial charge in [0.1, 0.15) is 5.69 Å². The summed E-state index contributed by atoms with van der Waals surface area (Å²) in [6, 6.07) is 1.84. The summed E-state index contributed by atoms with van der Waals surface area (Å²) in [6.45, 7) is 0.792. The fraction of sp³-hybridized carbons (Fsp3) is 0.250. The summed E-state index contributed by atoms with van der Waals surface area (Å²) in [5, 5.41) is 4.27. The molecule has 0 atom stereocenters. The van der Waals surface area contributed by atoms with Gasteiger partial charge in [0, 0.05) is 12.7 Å². The highest BCUT2D eigenvalue weighted by atomic mass is 79.9. The molecule has 0 radical (unpaired) electrons. The molecule has 0 N–H and O–H groups in total. The second-order valence-corrected chi connectivity index (χ2v) is 4.89. The Morgan fingerprint density at radius 3 is 3.11 bits per heavy atom. The van der Waals surface area contributed by atoms with Crippen molar-refractivity contribution in [2.45, 2.75) is 13.0 Å². The number of fused-ring (bicyclic) bond motifs is 3. The van der Waals surface area contributed by atoms with Gasteiger partial charge in [0.05, 0.1) is 29.0 Å². The van der Waals surface area contributed by atoms with Crippen LogP contribution in [0.15, 0.2) is 22.9 Å². The van der Waals surface area contributed by atoms with Crippen LogP contribution in [0.2, 0.25) is 0 Å². The van der Waals surface area contributed by atoms with Gasteiger partial charge in [-0.3, -0.25) is 9.67 Å². The number of carbonyl (C=O) groups excluding carboxylic acids is 1.